The Balaban J connectivity index is 1.41. The molecule has 1 atom stereocenters. The molecule has 1 fully saturated rings. The fourth-order valence-corrected chi connectivity index (χ4v) is 3.50. The molecule has 0 radical (unpaired) electrons. The third-order valence-corrected chi connectivity index (χ3v) is 4.79. The van der Waals surface area contributed by atoms with E-state index in [4.69, 9.17) is 5.11 Å². The van der Waals surface area contributed by atoms with Crippen molar-refractivity contribution in [3.63, 3.8) is 0 Å². The lowest BCUT2D eigenvalue weighted by Gasteiger charge is -2.34. The molecule has 1 aromatic heterocycles. The summed E-state index contributed by atoms with van der Waals surface area (Å²) in [5.41, 5.74) is 0.665. The zero-order valence-corrected chi connectivity index (χ0v) is 12.7. The number of hydrogen-bond donors (Lipinski definition) is 1. The molecule has 3 rings (SSSR count). The van der Waals surface area contributed by atoms with Crippen molar-refractivity contribution in [2.75, 3.05) is 19.6 Å². The van der Waals surface area contributed by atoms with Crippen molar-refractivity contribution in [2.24, 2.45) is 11.8 Å². The van der Waals surface area contributed by atoms with Crippen molar-refractivity contribution in [1.29, 1.82) is 0 Å². The van der Waals surface area contributed by atoms with Crippen LogP contribution in [0.4, 0.5) is 0 Å². The highest BCUT2D eigenvalue weighted by Gasteiger charge is 2.22. The molecule has 21 heavy (non-hydrogen) atoms. The lowest BCUT2D eigenvalue weighted by molar-refractivity contribution is 0.146. The number of allylic oxidation sites excluding steroid dienone is 2. The largest absolute Gasteiger partial charge is 0.390 e. The molecule has 2 aliphatic rings. The van der Waals surface area contributed by atoms with Gasteiger partial charge in [0.05, 0.1) is 12.8 Å². The van der Waals surface area contributed by atoms with Gasteiger partial charge in [0.15, 0.2) is 0 Å². The van der Waals surface area contributed by atoms with E-state index in [1.165, 1.54) is 51.7 Å². The van der Waals surface area contributed by atoms with E-state index in [2.05, 4.69) is 27.4 Å². The van der Waals surface area contributed by atoms with E-state index in [1.807, 2.05) is 10.9 Å². The van der Waals surface area contributed by atoms with Gasteiger partial charge in [0.1, 0.15) is 5.69 Å². The van der Waals surface area contributed by atoms with Crippen molar-refractivity contribution >= 4 is 0 Å². The molecule has 1 aliphatic carbocycles. The van der Waals surface area contributed by atoms with Gasteiger partial charge in [0.25, 0.3) is 0 Å². The molecule has 5 heteroatoms. The molecule has 1 N–H and O–H groups in total. The first-order chi connectivity index (χ1) is 10.3. The zero-order valence-electron chi connectivity index (χ0n) is 12.7. The Morgan fingerprint density at radius 2 is 1.95 bits per heavy atom. The van der Waals surface area contributed by atoms with Crippen molar-refractivity contribution in [2.45, 2.75) is 45.3 Å². The first kappa shape index (κ1) is 14.7. The van der Waals surface area contributed by atoms with E-state index in [0.29, 0.717) is 11.6 Å². The van der Waals surface area contributed by atoms with Crippen molar-refractivity contribution < 1.29 is 5.11 Å². The van der Waals surface area contributed by atoms with Crippen LogP contribution in [0.5, 0.6) is 0 Å². The molecule has 116 valence electrons. The number of nitrogens with zero attached hydrogens (tertiary/aromatic N) is 4. The van der Waals surface area contributed by atoms with Gasteiger partial charge in [-0.15, -0.1) is 5.10 Å². The van der Waals surface area contributed by atoms with E-state index < -0.39 is 0 Å². The Kier molecular flexibility index (Phi) is 5.04. The van der Waals surface area contributed by atoms with Gasteiger partial charge in [-0.1, -0.05) is 17.4 Å². The maximum absolute atomic E-state index is 9.02. The van der Waals surface area contributed by atoms with Gasteiger partial charge in [-0.3, -0.25) is 4.68 Å². The molecule has 1 aliphatic heterocycles. The average molecular weight is 290 g/mol. The molecule has 0 bridgehead atoms. The maximum Gasteiger partial charge on any atom is 0.108 e. The molecule has 5 nitrogen and oxygen atoms in total. The average Bonchev–Trinajstić information content (AvgIpc) is 2.98. The van der Waals surface area contributed by atoms with Gasteiger partial charge in [0.2, 0.25) is 0 Å². The molecule has 1 unspecified atom stereocenters. The van der Waals surface area contributed by atoms with Crippen molar-refractivity contribution in [1.82, 2.24) is 19.9 Å². The normalized spacial score (nSPS) is 24.5. The van der Waals surface area contributed by atoms with E-state index in [9.17, 15) is 0 Å². The smallest absolute Gasteiger partial charge is 0.108 e. The number of rotatable bonds is 5. The minimum atomic E-state index is -0.0196. The van der Waals surface area contributed by atoms with Crippen LogP contribution in [0, 0.1) is 11.8 Å². The van der Waals surface area contributed by atoms with E-state index >= 15 is 0 Å². The van der Waals surface area contributed by atoms with Gasteiger partial charge in [-0.25, -0.2) is 0 Å². The highest BCUT2D eigenvalue weighted by molar-refractivity contribution is 4.92. The molecule has 0 amide bonds. The topological polar surface area (TPSA) is 54.2 Å². The number of piperidine rings is 1. The Morgan fingerprint density at radius 3 is 2.62 bits per heavy atom. The first-order valence-electron chi connectivity index (χ1n) is 8.20. The molecule has 2 heterocycles. The second kappa shape index (κ2) is 7.18. The summed E-state index contributed by atoms with van der Waals surface area (Å²) in [6, 6.07) is 0. The summed E-state index contributed by atoms with van der Waals surface area (Å²) in [6.45, 7) is 4.62. The predicted octanol–water partition coefficient (Wildman–Crippen LogP) is 1.84. The van der Waals surface area contributed by atoms with Gasteiger partial charge >= 0.3 is 0 Å². The Bertz CT molecular complexity index is 463. The quantitative estimate of drug-likeness (QED) is 0.841. The van der Waals surface area contributed by atoms with Gasteiger partial charge in [-0.2, -0.15) is 0 Å². The maximum atomic E-state index is 9.02. The summed E-state index contributed by atoms with van der Waals surface area (Å²) in [4.78, 5) is 2.64. The fraction of sp³-hybridized carbons (Fsp3) is 0.750. The van der Waals surface area contributed by atoms with E-state index in [-0.39, 0.29) is 6.61 Å². The van der Waals surface area contributed by atoms with Crippen molar-refractivity contribution in [3.05, 3.63) is 24.0 Å². The van der Waals surface area contributed by atoms with Crippen LogP contribution >= 0.6 is 0 Å². The van der Waals surface area contributed by atoms with Gasteiger partial charge in [0, 0.05) is 13.1 Å². The fourth-order valence-electron chi connectivity index (χ4n) is 3.50. The van der Waals surface area contributed by atoms with Crippen LogP contribution in [0.3, 0.4) is 0 Å². The van der Waals surface area contributed by atoms with Gasteiger partial charge in [-0.05, 0) is 57.0 Å². The summed E-state index contributed by atoms with van der Waals surface area (Å²) in [6.07, 6.45) is 12.9. The summed E-state index contributed by atoms with van der Waals surface area (Å²) in [7, 11) is 0. The molecular formula is C16H26N4O. The van der Waals surface area contributed by atoms with Crippen LogP contribution in [-0.4, -0.2) is 44.6 Å². The minimum Gasteiger partial charge on any atom is -0.390 e. The number of aromatic nitrogens is 3. The number of hydrogen-bond acceptors (Lipinski definition) is 4. The van der Waals surface area contributed by atoms with Crippen LogP contribution in [0.15, 0.2) is 18.3 Å². The molecule has 0 aromatic carbocycles. The third kappa shape index (κ3) is 4.14. The summed E-state index contributed by atoms with van der Waals surface area (Å²) in [5.74, 6) is 1.56. The van der Waals surface area contributed by atoms with Crippen LogP contribution in [-0.2, 0) is 13.2 Å². The lowest BCUT2D eigenvalue weighted by atomic mass is 9.91. The molecule has 0 saturated carbocycles. The second-order valence-corrected chi connectivity index (χ2v) is 6.48. The lowest BCUT2D eigenvalue weighted by Crippen LogP contribution is -2.38. The first-order valence-corrected chi connectivity index (χ1v) is 8.20. The Hall–Kier alpha value is -1.20. The molecule has 1 saturated heterocycles. The summed E-state index contributed by atoms with van der Waals surface area (Å²) < 4.78 is 1.89. The van der Waals surface area contributed by atoms with E-state index in [0.717, 1.165) is 12.5 Å². The predicted molar refractivity (Wildman–Crippen MR) is 81.6 cm³/mol. The number of aliphatic hydroxyl groups is 1. The molecular weight excluding hydrogens is 264 g/mol. The second-order valence-electron chi connectivity index (χ2n) is 6.48. The monoisotopic (exact) mass is 290 g/mol. The van der Waals surface area contributed by atoms with Crippen LogP contribution in [0.2, 0.25) is 0 Å². The van der Waals surface area contributed by atoms with Gasteiger partial charge < -0.3 is 10.0 Å². The number of likely N-dealkylation sites (tertiary alicyclic amines) is 1. The highest BCUT2D eigenvalue weighted by atomic mass is 16.3. The Morgan fingerprint density at radius 1 is 1.10 bits per heavy atom. The number of aliphatic hydroxyl groups excluding tert-OH is 1. The molecule has 0 spiro atoms. The standard InChI is InChI=1S/C16H26N4O/c21-13-16-12-20(18-17-16)11-15-6-8-19(9-7-15)10-14-4-2-1-3-5-14/h1-2,12,14-15,21H,3-11,13H2. The highest BCUT2D eigenvalue weighted by Crippen LogP contribution is 2.23. The van der Waals surface area contributed by atoms with Crippen LogP contribution in [0.25, 0.3) is 0 Å². The minimum absolute atomic E-state index is 0.0196. The SMILES string of the molecule is OCc1cn(CC2CCN(CC3CC=CCC3)CC2)nn1. The van der Waals surface area contributed by atoms with E-state index in [1.54, 1.807) is 0 Å². The van der Waals surface area contributed by atoms with Crippen molar-refractivity contribution in [3.8, 4) is 0 Å². The Labute approximate surface area is 126 Å². The summed E-state index contributed by atoms with van der Waals surface area (Å²) in [5, 5.41) is 17.0. The third-order valence-electron chi connectivity index (χ3n) is 4.79. The van der Waals surface area contributed by atoms with Crippen LogP contribution in [0.1, 0.15) is 37.8 Å². The zero-order chi connectivity index (χ0) is 14.5. The summed E-state index contributed by atoms with van der Waals surface area (Å²) >= 11 is 0. The molecule has 1 aromatic rings. The van der Waals surface area contributed by atoms with Crippen LogP contribution < -0.4 is 0 Å².